The van der Waals surface area contributed by atoms with Crippen LogP contribution in [-0.2, 0) is 21.3 Å². The average molecular weight is 502 g/mol. The van der Waals surface area contributed by atoms with E-state index in [2.05, 4.69) is 36.2 Å². The van der Waals surface area contributed by atoms with Crippen molar-refractivity contribution in [3.05, 3.63) is 11.7 Å². The van der Waals surface area contributed by atoms with Crippen LogP contribution in [0.2, 0.25) is 0 Å². The van der Waals surface area contributed by atoms with Gasteiger partial charge >= 0.3 is 0 Å². The summed E-state index contributed by atoms with van der Waals surface area (Å²) in [6.45, 7) is 10.7. The van der Waals surface area contributed by atoms with Crippen molar-refractivity contribution in [3.63, 3.8) is 0 Å². The van der Waals surface area contributed by atoms with Gasteiger partial charge in [-0.15, -0.1) is 0 Å². The molecule has 2 heterocycles. The van der Waals surface area contributed by atoms with E-state index in [9.17, 15) is 22.9 Å². The summed E-state index contributed by atoms with van der Waals surface area (Å²) in [6.07, 6.45) is 2.36. The van der Waals surface area contributed by atoms with E-state index >= 15 is 0 Å². The smallest absolute Gasteiger partial charge is 0.261 e. The summed E-state index contributed by atoms with van der Waals surface area (Å²) in [5, 5.41) is 16.7. The second-order valence-corrected chi connectivity index (χ2v) is 11.8. The minimum Gasteiger partial charge on any atom is -0.339 e. The topological polar surface area (TPSA) is 149 Å². The number of hydrogen-bond acceptors (Lipinski definition) is 8. The SMILES string of the molecule is CC(C)c1nc(C[C@@H]2CC[C@](C)(NCC(=O)N3C[C@@H](F)C[C@H]3C#N)C2(C)C)no1.CS(=O)(=O)O. The third kappa shape index (κ3) is 6.96. The fourth-order valence-electron chi connectivity index (χ4n) is 4.63. The molecule has 1 saturated carbocycles. The van der Waals surface area contributed by atoms with Gasteiger partial charge in [0.15, 0.2) is 5.82 Å². The Bertz CT molecular complexity index is 998. The number of carbonyl (C=O) groups is 1. The lowest BCUT2D eigenvalue weighted by Crippen LogP contribution is -2.55. The highest BCUT2D eigenvalue weighted by Crippen LogP contribution is 2.51. The number of aromatic nitrogens is 2. The molecule has 34 heavy (non-hydrogen) atoms. The molecule has 192 valence electrons. The van der Waals surface area contributed by atoms with Crippen LogP contribution in [-0.4, -0.2) is 71.0 Å². The summed E-state index contributed by atoms with van der Waals surface area (Å²) in [4.78, 5) is 18.5. The van der Waals surface area contributed by atoms with Gasteiger partial charge in [0.1, 0.15) is 12.2 Å². The van der Waals surface area contributed by atoms with Gasteiger partial charge < -0.3 is 14.7 Å². The monoisotopic (exact) mass is 501 g/mol. The van der Waals surface area contributed by atoms with Crippen LogP contribution in [0.15, 0.2) is 4.52 Å². The standard InChI is InChI=1S/C21H32FN5O2.CH4O3S/c1-13(2)19-25-17(26-29-19)8-14-6-7-21(5,20(14,3)4)24-11-18(28)27-12-15(22)9-16(27)10-23;1-5(2,3)4/h13-16,24H,6-9,11-12H2,1-5H3;1H3,(H,2,3,4)/t14-,15-,16-,21-;/m0./s1. The first-order valence-corrected chi connectivity index (χ1v) is 13.3. The molecule has 2 N–H and O–H groups in total. The lowest BCUT2D eigenvalue weighted by molar-refractivity contribution is -0.131. The van der Waals surface area contributed by atoms with Gasteiger partial charge in [0.05, 0.1) is 25.4 Å². The Morgan fingerprint density at radius 3 is 2.56 bits per heavy atom. The molecule has 2 fully saturated rings. The van der Waals surface area contributed by atoms with E-state index in [0.717, 1.165) is 25.1 Å². The molecule has 0 bridgehead atoms. The Kier molecular flexibility index (Phi) is 8.82. The number of hydrogen-bond donors (Lipinski definition) is 2. The predicted molar refractivity (Wildman–Crippen MR) is 123 cm³/mol. The van der Waals surface area contributed by atoms with Gasteiger partial charge in [-0.1, -0.05) is 32.9 Å². The van der Waals surface area contributed by atoms with Gasteiger partial charge in [-0.3, -0.25) is 9.35 Å². The first-order chi connectivity index (χ1) is 15.6. The Hall–Kier alpha value is -2.10. The molecular formula is C22H36FN5O5S. The highest BCUT2D eigenvalue weighted by Gasteiger charge is 2.51. The second kappa shape index (κ2) is 10.7. The van der Waals surface area contributed by atoms with Gasteiger partial charge in [0, 0.05) is 24.3 Å². The summed E-state index contributed by atoms with van der Waals surface area (Å²) in [7, 11) is -3.67. The molecule has 2 aliphatic rings. The maximum Gasteiger partial charge on any atom is 0.261 e. The highest BCUT2D eigenvalue weighted by molar-refractivity contribution is 7.85. The van der Waals surface area contributed by atoms with Crippen LogP contribution in [0.5, 0.6) is 0 Å². The minimum atomic E-state index is -3.67. The maximum absolute atomic E-state index is 13.6. The Balaban J connectivity index is 0.000000739. The number of amides is 1. The number of likely N-dealkylation sites (tertiary alicyclic amines) is 1. The number of nitrogens with one attached hydrogen (secondary N) is 1. The minimum absolute atomic E-state index is 0.0114. The quantitative estimate of drug-likeness (QED) is 0.560. The van der Waals surface area contributed by atoms with E-state index in [1.165, 1.54) is 4.90 Å². The normalized spacial score (nSPS) is 28.5. The molecule has 0 unspecified atom stereocenters. The second-order valence-electron chi connectivity index (χ2n) is 10.3. The molecule has 10 nitrogen and oxygen atoms in total. The van der Waals surface area contributed by atoms with Crippen molar-refractivity contribution in [1.82, 2.24) is 20.4 Å². The van der Waals surface area contributed by atoms with E-state index in [4.69, 9.17) is 9.08 Å². The molecule has 1 aromatic rings. The first-order valence-electron chi connectivity index (χ1n) is 11.4. The van der Waals surface area contributed by atoms with Crippen molar-refractivity contribution in [2.24, 2.45) is 11.3 Å². The van der Waals surface area contributed by atoms with Crippen LogP contribution >= 0.6 is 0 Å². The number of rotatable bonds is 6. The highest BCUT2D eigenvalue weighted by atomic mass is 32.2. The van der Waals surface area contributed by atoms with E-state index in [1.807, 2.05) is 19.9 Å². The predicted octanol–water partition coefficient (Wildman–Crippen LogP) is 2.49. The van der Waals surface area contributed by atoms with Gasteiger partial charge in [0.2, 0.25) is 11.8 Å². The number of halogens is 1. The molecule has 0 spiro atoms. The van der Waals surface area contributed by atoms with E-state index in [1.54, 1.807) is 0 Å². The zero-order valence-electron chi connectivity index (χ0n) is 20.7. The van der Waals surface area contributed by atoms with Crippen molar-refractivity contribution in [1.29, 1.82) is 5.26 Å². The molecule has 1 amide bonds. The number of nitriles is 1. The molecule has 1 aliphatic carbocycles. The lowest BCUT2D eigenvalue weighted by Gasteiger charge is -2.42. The van der Waals surface area contributed by atoms with Gasteiger partial charge in [0.25, 0.3) is 10.1 Å². The molecule has 0 radical (unpaired) electrons. The third-order valence-electron chi connectivity index (χ3n) is 7.19. The zero-order chi connectivity index (χ0) is 25.9. The molecular weight excluding hydrogens is 465 g/mol. The van der Waals surface area contributed by atoms with Gasteiger partial charge in [-0.2, -0.15) is 18.7 Å². The van der Waals surface area contributed by atoms with Gasteiger partial charge in [-0.05, 0) is 31.1 Å². The zero-order valence-corrected chi connectivity index (χ0v) is 21.5. The molecule has 1 aromatic heterocycles. The Morgan fingerprint density at radius 1 is 1.41 bits per heavy atom. The third-order valence-corrected chi connectivity index (χ3v) is 7.19. The summed E-state index contributed by atoms with van der Waals surface area (Å²) >= 11 is 0. The van der Waals surface area contributed by atoms with Crippen LogP contribution in [0, 0.1) is 22.7 Å². The van der Waals surface area contributed by atoms with Crippen molar-refractivity contribution < 1.29 is 26.7 Å². The molecule has 0 aromatic carbocycles. The molecule has 1 aliphatic heterocycles. The van der Waals surface area contributed by atoms with Crippen molar-refractivity contribution >= 4 is 16.0 Å². The number of alkyl halides is 1. The summed E-state index contributed by atoms with van der Waals surface area (Å²) in [5.41, 5.74) is -0.358. The largest absolute Gasteiger partial charge is 0.339 e. The van der Waals surface area contributed by atoms with Crippen molar-refractivity contribution in [2.75, 3.05) is 19.3 Å². The van der Waals surface area contributed by atoms with Crippen LogP contribution < -0.4 is 5.32 Å². The first kappa shape index (κ1) is 28.1. The summed E-state index contributed by atoms with van der Waals surface area (Å²) < 4.78 is 44.8. The molecule has 4 atom stereocenters. The molecule has 1 saturated heterocycles. The molecule has 3 rings (SSSR count). The van der Waals surface area contributed by atoms with E-state index in [0.29, 0.717) is 18.1 Å². The van der Waals surface area contributed by atoms with Crippen molar-refractivity contribution in [2.45, 2.75) is 84.0 Å². The Morgan fingerprint density at radius 2 is 2.03 bits per heavy atom. The number of carbonyl (C=O) groups excluding carboxylic acids is 1. The average Bonchev–Trinajstić information content (AvgIpc) is 3.38. The maximum atomic E-state index is 13.6. The van der Waals surface area contributed by atoms with Crippen LogP contribution in [0.25, 0.3) is 0 Å². The molecule has 12 heteroatoms. The van der Waals surface area contributed by atoms with E-state index in [-0.39, 0.29) is 42.3 Å². The van der Waals surface area contributed by atoms with Crippen LogP contribution in [0.1, 0.15) is 71.5 Å². The fraction of sp³-hybridized carbons (Fsp3) is 0.818. The van der Waals surface area contributed by atoms with Gasteiger partial charge in [-0.25, -0.2) is 4.39 Å². The fourth-order valence-corrected chi connectivity index (χ4v) is 4.63. The van der Waals surface area contributed by atoms with Crippen LogP contribution in [0.3, 0.4) is 0 Å². The number of nitrogens with zero attached hydrogens (tertiary/aromatic N) is 4. The summed E-state index contributed by atoms with van der Waals surface area (Å²) in [6, 6.07) is 1.38. The Labute approximate surface area is 201 Å². The van der Waals surface area contributed by atoms with Crippen LogP contribution in [0.4, 0.5) is 4.39 Å². The summed E-state index contributed by atoms with van der Waals surface area (Å²) in [5.74, 6) is 1.73. The van der Waals surface area contributed by atoms with E-state index < -0.39 is 22.3 Å². The van der Waals surface area contributed by atoms with Crippen molar-refractivity contribution in [3.8, 4) is 6.07 Å². The lowest BCUT2D eigenvalue weighted by atomic mass is 9.70.